The Balaban J connectivity index is 1.07. The predicted molar refractivity (Wildman–Crippen MR) is 117 cm³/mol. The molecule has 2 aliphatic heterocycles. The summed E-state index contributed by atoms with van der Waals surface area (Å²) in [6.45, 7) is 1.54. The Bertz CT molecular complexity index is 1210. The molecule has 0 saturated carbocycles. The molecule has 0 radical (unpaired) electrons. The molecular weight excluding hydrogens is 424 g/mol. The van der Waals surface area contributed by atoms with E-state index in [0.717, 1.165) is 28.9 Å². The number of aromatic nitrogens is 2. The highest BCUT2D eigenvalue weighted by Crippen LogP contribution is 2.29. The normalized spacial score (nSPS) is 18.2. The van der Waals surface area contributed by atoms with Gasteiger partial charge in [0.2, 0.25) is 17.6 Å². The minimum Gasteiger partial charge on any atom is -0.493 e. The first-order valence-electron chi connectivity index (χ1n) is 10.8. The Morgan fingerprint density at radius 3 is 3.06 bits per heavy atom. The van der Waals surface area contributed by atoms with Gasteiger partial charge >= 0.3 is 0 Å². The van der Waals surface area contributed by atoms with Crippen LogP contribution in [0, 0.1) is 5.92 Å². The Hall–Kier alpha value is -4.08. The molecule has 2 N–H and O–H groups in total. The van der Waals surface area contributed by atoms with Crippen LogP contribution >= 0.6 is 0 Å². The molecule has 1 atom stereocenters. The van der Waals surface area contributed by atoms with Gasteiger partial charge < -0.3 is 19.9 Å². The van der Waals surface area contributed by atoms with Gasteiger partial charge in [-0.05, 0) is 23.8 Å². The van der Waals surface area contributed by atoms with Gasteiger partial charge in [0.25, 0.3) is 5.91 Å². The fourth-order valence-corrected chi connectivity index (χ4v) is 3.83. The third-order valence-electron chi connectivity index (χ3n) is 5.53. The number of aryl methyl sites for hydroxylation is 1. The maximum atomic E-state index is 12.2. The lowest BCUT2D eigenvalue weighted by atomic mass is 9.93. The SMILES string of the molecule is O=C(CCc1nc(-c2ccc3c(c2)CCO3)no1)NCCNC1=C2C=CC=CC2C(=O)N=N1. The molecule has 0 saturated heterocycles. The Morgan fingerprint density at radius 2 is 2.12 bits per heavy atom. The summed E-state index contributed by atoms with van der Waals surface area (Å²) in [4.78, 5) is 28.4. The zero-order valence-corrected chi connectivity index (χ0v) is 17.8. The van der Waals surface area contributed by atoms with E-state index in [0.29, 0.717) is 43.7 Å². The smallest absolute Gasteiger partial charge is 0.276 e. The minimum absolute atomic E-state index is 0.122. The molecular formula is C23H22N6O4. The fraction of sp³-hybridized carbons (Fsp3) is 0.304. The van der Waals surface area contributed by atoms with Gasteiger partial charge in [0.05, 0.1) is 12.5 Å². The number of amides is 2. The standard InChI is InChI=1S/C23H22N6O4/c30-19(24-10-11-25-22-16-3-1-2-4-17(16)23(31)28-27-22)7-8-20-26-21(29-33-20)15-5-6-18-14(13-15)9-12-32-18/h1-6,13,17,25H,7-12H2,(H,24,30). The van der Waals surface area contributed by atoms with Crippen LogP contribution in [-0.2, 0) is 22.4 Å². The Kier molecular flexibility index (Phi) is 5.79. The van der Waals surface area contributed by atoms with Crippen LogP contribution in [0.3, 0.4) is 0 Å². The van der Waals surface area contributed by atoms with Crippen LogP contribution in [0.2, 0.25) is 0 Å². The van der Waals surface area contributed by atoms with Crippen molar-refractivity contribution in [3.8, 4) is 17.1 Å². The summed E-state index contributed by atoms with van der Waals surface area (Å²) >= 11 is 0. The van der Waals surface area contributed by atoms with E-state index in [1.165, 1.54) is 0 Å². The van der Waals surface area contributed by atoms with E-state index in [9.17, 15) is 9.59 Å². The molecule has 5 rings (SSSR count). The summed E-state index contributed by atoms with van der Waals surface area (Å²) in [7, 11) is 0. The number of hydrogen-bond donors (Lipinski definition) is 2. The van der Waals surface area contributed by atoms with Crippen molar-refractivity contribution in [1.29, 1.82) is 0 Å². The van der Waals surface area contributed by atoms with Gasteiger partial charge in [-0.2, -0.15) is 4.98 Å². The Morgan fingerprint density at radius 1 is 1.18 bits per heavy atom. The largest absolute Gasteiger partial charge is 0.493 e. The number of carbonyl (C=O) groups excluding carboxylic acids is 2. The van der Waals surface area contributed by atoms with Crippen molar-refractivity contribution >= 4 is 11.8 Å². The van der Waals surface area contributed by atoms with Crippen molar-refractivity contribution in [3.63, 3.8) is 0 Å². The molecule has 1 aliphatic carbocycles. The summed E-state index contributed by atoms with van der Waals surface area (Å²) in [6, 6.07) is 5.83. The van der Waals surface area contributed by atoms with Gasteiger partial charge in [0.15, 0.2) is 5.82 Å². The van der Waals surface area contributed by atoms with Gasteiger partial charge in [-0.3, -0.25) is 9.59 Å². The zero-order chi connectivity index (χ0) is 22.6. The van der Waals surface area contributed by atoms with Gasteiger partial charge in [-0.1, -0.05) is 29.5 Å². The first-order chi connectivity index (χ1) is 16.2. The number of rotatable bonds is 8. The highest BCUT2D eigenvalue weighted by atomic mass is 16.5. The topological polar surface area (TPSA) is 131 Å². The maximum absolute atomic E-state index is 12.2. The van der Waals surface area contributed by atoms with E-state index < -0.39 is 5.92 Å². The number of nitrogens with one attached hydrogen (secondary N) is 2. The predicted octanol–water partition coefficient (Wildman–Crippen LogP) is 2.26. The summed E-state index contributed by atoms with van der Waals surface area (Å²) in [5.74, 6) is 1.57. The van der Waals surface area contributed by atoms with Crippen LogP contribution in [0.4, 0.5) is 0 Å². The van der Waals surface area contributed by atoms with Gasteiger partial charge in [-0.25, -0.2) is 0 Å². The average Bonchev–Trinajstić information content (AvgIpc) is 3.51. The summed E-state index contributed by atoms with van der Waals surface area (Å²) < 4.78 is 10.8. The number of allylic oxidation sites excluding steroid dienone is 3. The first-order valence-corrected chi connectivity index (χ1v) is 10.8. The van der Waals surface area contributed by atoms with E-state index in [1.54, 1.807) is 6.08 Å². The average molecular weight is 446 g/mol. The highest BCUT2D eigenvalue weighted by molar-refractivity contribution is 5.86. The third-order valence-corrected chi connectivity index (χ3v) is 5.53. The van der Waals surface area contributed by atoms with Crippen molar-refractivity contribution in [1.82, 2.24) is 20.8 Å². The minimum atomic E-state index is -0.394. The highest BCUT2D eigenvalue weighted by Gasteiger charge is 2.27. The van der Waals surface area contributed by atoms with Crippen molar-refractivity contribution in [2.75, 3.05) is 19.7 Å². The second-order valence-electron chi connectivity index (χ2n) is 7.77. The first kappa shape index (κ1) is 20.8. The number of nitrogens with zero attached hydrogens (tertiary/aromatic N) is 4. The second-order valence-corrected chi connectivity index (χ2v) is 7.77. The van der Waals surface area contributed by atoms with E-state index >= 15 is 0 Å². The van der Waals surface area contributed by atoms with Crippen LogP contribution in [0.25, 0.3) is 11.4 Å². The van der Waals surface area contributed by atoms with Crippen LogP contribution in [0.1, 0.15) is 17.9 Å². The lowest BCUT2D eigenvalue weighted by Gasteiger charge is -2.20. The molecule has 1 aromatic carbocycles. The number of fused-ring (bicyclic) bond motifs is 2. The van der Waals surface area contributed by atoms with Gasteiger partial charge in [-0.15, -0.1) is 10.2 Å². The molecule has 1 aromatic heterocycles. The van der Waals surface area contributed by atoms with E-state index in [-0.39, 0.29) is 18.2 Å². The number of ether oxygens (including phenoxy) is 1. The molecule has 168 valence electrons. The monoisotopic (exact) mass is 446 g/mol. The van der Waals surface area contributed by atoms with Crippen molar-refractivity contribution in [2.45, 2.75) is 19.3 Å². The van der Waals surface area contributed by atoms with E-state index in [1.807, 2.05) is 36.4 Å². The van der Waals surface area contributed by atoms with Crippen LogP contribution in [0.15, 0.2) is 68.6 Å². The molecule has 33 heavy (non-hydrogen) atoms. The molecule has 2 amide bonds. The summed E-state index contributed by atoms with van der Waals surface area (Å²) in [5, 5.41) is 17.6. The van der Waals surface area contributed by atoms with Crippen LogP contribution in [0.5, 0.6) is 5.75 Å². The number of benzene rings is 1. The number of azo groups is 1. The maximum Gasteiger partial charge on any atom is 0.276 e. The van der Waals surface area contributed by atoms with Crippen LogP contribution in [-0.4, -0.2) is 41.7 Å². The van der Waals surface area contributed by atoms with E-state index in [4.69, 9.17) is 9.26 Å². The molecule has 0 fully saturated rings. The molecule has 10 heteroatoms. The lowest BCUT2D eigenvalue weighted by Crippen LogP contribution is -2.33. The Labute approximate surface area is 189 Å². The number of hydrogen-bond acceptors (Lipinski definition) is 8. The molecule has 1 unspecified atom stereocenters. The van der Waals surface area contributed by atoms with Gasteiger partial charge in [0.1, 0.15) is 5.75 Å². The number of carbonyl (C=O) groups is 2. The zero-order valence-electron chi connectivity index (χ0n) is 17.8. The summed E-state index contributed by atoms with van der Waals surface area (Å²) in [6.07, 6.45) is 8.76. The van der Waals surface area contributed by atoms with E-state index in [2.05, 4.69) is 31.0 Å². The fourth-order valence-electron chi connectivity index (χ4n) is 3.83. The molecule has 0 bridgehead atoms. The summed E-state index contributed by atoms with van der Waals surface area (Å²) in [5.41, 5.74) is 2.79. The third kappa shape index (κ3) is 4.59. The van der Waals surface area contributed by atoms with Crippen molar-refractivity contribution in [2.24, 2.45) is 16.1 Å². The van der Waals surface area contributed by atoms with Crippen molar-refractivity contribution in [3.05, 3.63) is 65.4 Å². The quantitative estimate of drug-likeness (QED) is 0.595. The second kappa shape index (κ2) is 9.19. The van der Waals surface area contributed by atoms with Crippen molar-refractivity contribution < 1.29 is 18.8 Å². The molecule has 2 aromatic rings. The van der Waals surface area contributed by atoms with Gasteiger partial charge in [0, 0.05) is 43.5 Å². The molecule has 10 nitrogen and oxygen atoms in total. The van der Waals surface area contributed by atoms with Crippen LogP contribution < -0.4 is 15.4 Å². The molecule has 0 spiro atoms. The molecule has 3 heterocycles. The molecule has 3 aliphatic rings. The lowest BCUT2D eigenvalue weighted by molar-refractivity contribution is -0.121.